The maximum atomic E-state index is 13.4. The van der Waals surface area contributed by atoms with Gasteiger partial charge in [-0.2, -0.15) is 0 Å². The minimum absolute atomic E-state index is 0.147. The number of fused-ring (bicyclic) bond motifs is 5. The van der Waals surface area contributed by atoms with Crippen LogP contribution in [0.2, 0.25) is 0 Å². The van der Waals surface area contributed by atoms with E-state index in [9.17, 15) is 14.4 Å². The van der Waals surface area contributed by atoms with Crippen LogP contribution >= 0.6 is 0 Å². The van der Waals surface area contributed by atoms with Gasteiger partial charge in [0.05, 0.1) is 13.2 Å². The first kappa shape index (κ1) is 22.3. The fraction of sp³-hybridized carbons (Fsp3) is 0.370. The molecule has 0 unspecified atom stereocenters. The van der Waals surface area contributed by atoms with Crippen LogP contribution in [0.3, 0.4) is 0 Å². The molecule has 3 aromatic rings. The van der Waals surface area contributed by atoms with Gasteiger partial charge in [0.2, 0.25) is 0 Å². The number of para-hydroxylation sites is 1. The molecule has 1 aromatic heterocycles. The van der Waals surface area contributed by atoms with Gasteiger partial charge in [-0.25, -0.2) is 0 Å². The maximum absolute atomic E-state index is 13.4. The summed E-state index contributed by atoms with van der Waals surface area (Å²) < 4.78 is 10.9. The van der Waals surface area contributed by atoms with Crippen molar-refractivity contribution in [1.82, 2.24) is 9.88 Å². The van der Waals surface area contributed by atoms with E-state index < -0.39 is 23.5 Å². The summed E-state index contributed by atoms with van der Waals surface area (Å²) in [6.45, 7) is 2.38. The van der Waals surface area contributed by atoms with Crippen LogP contribution in [0.5, 0.6) is 0 Å². The summed E-state index contributed by atoms with van der Waals surface area (Å²) in [4.78, 5) is 45.4. The van der Waals surface area contributed by atoms with E-state index in [1.54, 1.807) is 0 Å². The normalized spacial score (nSPS) is 24.4. The standard InChI is InChI=1S/C27H28N2O5/c1-3-27(26(32)33-2)22(30)13-14-29-21(25(31)34-16-17-9-5-4-6-10-17)15-19-18-11-7-8-12-20(18)28-23(19)24(27)29/h4-12,21,24,28H,3,13-16H2,1-2H3/t21-,24-,27+/m0/s1. The lowest BCUT2D eigenvalue weighted by Crippen LogP contribution is -2.62. The number of esters is 2. The number of ether oxygens (including phenoxy) is 2. The lowest BCUT2D eigenvalue weighted by Gasteiger charge is -2.51. The minimum atomic E-state index is -1.39. The highest BCUT2D eigenvalue weighted by molar-refractivity contribution is 6.06. The van der Waals surface area contributed by atoms with E-state index in [2.05, 4.69) is 4.98 Å². The van der Waals surface area contributed by atoms with Crippen molar-refractivity contribution in [2.24, 2.45) is 5.41 Å². The Balaban J connectivity index is 1.60. The molecule has 0 bridgehead atoms. The van der Waals surface area contributed by atoms with E-state index in [-0.39, 0.29) is 31.2 Å². The smallest absolute Gasteiger partial charge is 0.324 e. The number of nitrogens with zero attached hydrogens (tertiary/aromatic N) is 1. The summed E-state index contributed by atoms with van der Waals surface area (Å²) >= 11 is 0. The van der Waals surface area contributed by atoms with E-state index in [4.69, 9.17) is 9.47 Å². The van der Waals surface area contributed by atoms with Gasteiger partial charge in [0.25, 0.3) is 0 Å². The number of aromatic nitrogens is 1. The molecule has 3 atom stereocenters. The van der Waals surface area contributed by atoms with Crippen molar-refractivity contribution in [2.75, 3.05) is 13.7 Å². The Labute approximate surface area is 198 Å². The lowest BCUT2D eigenvalue weighted by atomic mass is 9.66. The number of Topliss-reactive ketones (excluding diaryl/α,β-unsaturated/α-hetero) is 1. The fourth-order valence-electron chi connectivity index (χ4n) is 5.74. The number of hydrogen-bond acceptors (Lipinski definition) is 6. The maximum Gasteiger partial charge on any atom is 0.324 e. The molecule has 0 aliphatic carbocycles. The third-order valence-corrected chi connectivity index (χ3v) is 7.41. The number of hydrogen-bond donors (Lipinski definition) is 1. The molecule has 176 valence electrons. The first-order valence-electron chi connectivity index (χ1n) is 11.7. The van der Waals surface area contributed by atoms with Gasteiger partial charge in [-0.05, 0) is 23.6 Å². The number of rotatable bonds is 5. The molecule has 1 N–H and O–H groups in total. The Morgan fingerprint density at radius 1 is 1.12 bits per heavy atom. The van der Waals surface area contributed by atoms with Crippen LogP contribution in [-0.4, -0.2) is 47.3 Å². The molecule has 34 heavy (non-hydrogen) atoms. The Kier molecular flexibility index (Phi) is 5.73. The SMILES string of the molecule is CC[C@@]1(C(=O)OC)C(=O)CCN2[C@H]1c1[nH]c3ccccc3c1C[C@H]2C(=O)OCc1ccccc1. The van der Waals surface area contributed by atoms with Crippen LogP contribution in [0.15, 0.2) is 54.6 Å². The Morgan fingerprint density at radius 2 is 1.85 bits per heavy atom. The summed E-state index contributed by atoms with van der Waals surface area (Å²) in [5.41, 5.74) is 2.20. The number of nitrogens with one attached hydrogen (secondary N) is 1. The fourth-order valence-corrected chi connectivity index (χ4v) is 5.74. The molecule has 2 aliphatic rings. The van der Waals surface area contributed by atoms with E-state index in [1.807, 2.05) is 66.4 Å². The summed E-state index contributed by atoms with van der Waals surface area (Å²) in [7, 11) is 1.31. The highest BCUT2D eigenvalue weighted by Gasteiger charge is 2.60. The zero-order chi connectivity index (χ0) is 23.9. The molecule has 2 aromatic carbocycles. The van der Waals surface area contributed by atoms with Crippen molar-refractivity contribution in [3.8, 4) is 0 Å². The molecule has 7 nitrogen and oxygen atoms in total. The van der Waals surface area contributed by atoms with Crippen LogP contribution in [0.25, 0.3) is 10.9 Å². The third kappa shape index (κ3) is 3.34. The van der Waals surface area contributed by atoms with E-state index in [0.29, 0.717) is 13.0 Å². The zero-order valence-electron chi connectivity index (χ0n) is 19.4. The Bertz CT molecular complexity index is 1240. The predicted molar refractivity (Wildman–Crippen MR) is 126 cm³/mol. The largest absolute Gasteiger partial charge is 0.468 e. The van der Waals surface area contributed by atoms with E-state index in [1.165, 1.54) is 7.11 Å². The summed E-state index contributed by atoms with van der Waals surface area (Å²) in [6, 6.07) is 16.2. The Hall–Kier alpha value is -3.45. The second-order valence-corrected chi connectivity index (χ2v) is 9.01. The van der Waals surface area contributed by atoms with Crippen molar-refractivity contribution >= 4 is 28.6 Å². The molecule has 0 radical (unpaired) electrons. The molecule has 3 heterocycles. The first-order valence-corrected chi connectivity index (χ1v) is 11.7. The highest BCUT2D eigenvalue weighted by atomic mass is 16.5. The van der Waals surface area contributed by atoms with Crippen LogP contribution in [0.4, 0.5) is 0 Å². The molecule has 0 spiro atoms. The van der Waals surface area contributed by atoms with Crippen LogP contribution in [0, 0.1) is 5.41 Å². The average molecular weight is 461 g/mol. The quantitative estimate of drug-likeness (QED) is 0.461. The van der Waals surface area contributed by atoms with Crippen molar-refractivity contribution in [2.45, 2.75) is 44.9 Å². The Morgan fingerprint density at radius 3 is 2.59 bits per heavy atom. The van der Waals surface area contributed by atoms with Gasteiger partial charge in [-0.15, -0.1) is 0 Å². The van der Waals surface area contributed by atoms with Crippen LogP contribution < -0.4 is 0 Å². The molecule has 0 amide bonds. The van der Waals surface area contributed by atoms with Gasteiger partial charge < -0.3 is 14.5 Å². The van der Waals surface area contributed by atoms with Crippen LogP contribution in [-0.2, 0) is 36.9 Å². The second kappa shape index (κ2) is 8.72. The number of carbonyl (C=O) groups excluding carboxylic acids is 3. The molecule has 1 saturated heterocycles. The second-order valence-electron chi connectivity index (χ2n) is 9.01. The molecule has 7 heteroatoms. The van der Waals surface area contributed by atoms with Crippen molar-refractivity contribution in [1.29, 1.82) is 0 Å². The van der Waals surface area contributed by atoms with Crippen molar-refractivity contribution in [3.05, 3.63) is 71.4 Å². The third-order valence-electron chi connectivity index (χ3n) is 7.41. The van der Waals surface area contributed by atoms with Crippen molar-refractivity contribution < 1.29 is 23.9 Å². The number of carbonyl (C=O) groups is 3. The lowest BCUT2D eigenvalue weighted by molar-refractivity contribution is -0.175. The van der Waals surface area contributed by atoms with Crippen LogP contribution in [0.1, 0.15) is 42.6 Å². The molecular formula is C27H28N2O5. The molecule has 2 aliphatic heterocycles. The number of aromatic amines is 1. The van der Waals surface area contributed by atoms with Gasteiger partial charge >= 0.3 is 11.9 Å². The number of ketones is 1. The summed E-state index contributed by atoms with van der Waals surface area (Å²) in [5, 5.41) is 0.992. The zero-order valence-corrected chi connectivity index (χ0v) is 19.4. The molecular weight excluding hydrogens is 432 g/mol. The number of piperidine rings is 1. The number of benzene rings is 2. The molecule has 1 fully saturated rings. The number of methoxy groups -OCH3 is 1. The van der Waals surface area contributed by atoms with Crippen molar-refractivity contribution in [3.63, 3.8) is 0 Å². The monoisotopic (exact) mass is 460 g/mol. The average Bonchev–Trinajstić information content (AvgIpc) is 3.25. The van der Waals surface area contributed by atoms with E-state index in [0.717, 1.165) is 27.7 Å². The van der Waals surface area contributed by atoms with Gasteiger partial charge in [0.15, 0.2) is 5.78 Å². The van der Waals surface area contributed by atoms with Gasteiger partial charge in [0.1, 0.15) is 18.1 Å². The number of H-pyrrole nitrogens is 1. The first-order chi connectivity index (χ1) is 16.5. The summed E-state index contributed by atoms with van der Waals surface area (Å²) in [6.07, 6.45) is 0.899. The van der Waals surface area contributed by atoms with E-state index >= 15 is 0 Å². The van der Waals surface area contributed by atoms with Gasteiger partial charge in [0, 0.05) is 36.0 Å². The topological polar surface area (TPSA) is 88.7 Å². The minimum Gasteiger partial charge on any atom is -0.468 e. The summed E-state index contributed by atoms with van der Waals surface area (Å²) in [5.74, 6) is -1.06. The van der Waals surface area contributed by atoms with Gasteiger partial charge in [-0.3, -0.25) is 19.3 Å². The predicted octanol–water partition coefficient (Wildman–Crippen LogP) is 3.72. The molecule has 0 saturated carbocycles. The highest BCUT2D eigenvalue weighted by Crippen LogP contribution is 2.52. The van der Waals surface area contributed by atoms with Gasteiger partial charge in [-0.1, -0.05) is 55.5 Å². The molecule has 5 rings (SSSR count).